The van der Waals surface area contributed by atoms with Gasteiger partial charge in [-0.1, -0.05) is 109 Å². The van der Waals surface area contributed by atoms with Gasteiger partial charge in [-0.05, 0) is 42.8 Å². The van der Waals surface area contributed by atoms with Crippen molar-refractivity contribution in [2.75, 3.05) is 17.6 Å². The van der Waals surface area contributed by atoms with Crippen LogP contribution in [0, 0.1) is 0 Å². The second-order valence-corrected chi connectivity index (χ2v) is 10.8. The Bertz CT molecular complexity index is 804. The van der Waals surface area contributed by atoms with Crippen LogP contribution < -0.4 is 5.32 Å². The largest absolute Gasteiger partial charge is 0.385 e. The molecule has 3 nitrogen and oxygen atoms in total. The van der Waals surface area contributed by atoms with E-state index >= 15 is 0 Å². The summed E-state index contributed by atoms with van der Waals surface area (Å²) in [6, 6.07) is 16.7. The van der Waals surface area contributed by atoms with Crippen LogP contribution in [0.4, 0.5) is 5.69 Å². The standard InChI is InChI=1S/C30H45NO2S/c1-2-3-4-5-6-7-8-9-10-11-12-13-14-18-25-31-28-23-21-27(22-24-28)30(32)26-34(33)29-19-16-15-17-20-29/h15-17,19-24,31H,2-14,18,25-26H2,1H3. The molecule has 4 heteroatoms. The molecule has 1 N–H and O–H groups in total. The van der Waals surface area contributed by atoms with Gasteiger partial charge in [0.1, 0.15) is 0 Å². The van der Waals surface area contributed by atoms with Crippen LogP contribution in [0.5, 0.6) is 0 Å². The molecule has 0 aromatic heterocycles. The Hall–Kier alpha value is -1.94. The predicted octanol–water partition coefficient (Wildman–Crippen LogP) is 8.57. The zero-order valence-corrected chi connectivity index (χ0v) is 22.1. The number of benzene rings is 2. The average molecular weight is 484 g/mol. The zero-order valence-electron chi connectivity index (χ0n) is 21.2. The number of carbonyl (C=O) groups is 1. The van der Waals surface area contributed by atoms with Crippen LogP contribution >= 0.6 is 0 Å². The van der Waals surface area contributed by atoms with Crippen LogP contribution in [-0.4, -0.2) is 22.3 Å². The monoisotopic (exact) mass is 483 g/mol. The summed E-state index contributed by atoms with van der Waals surface area (Å²) in [5.41, 5.74) is 1.65. The molecule has 0 spiro atoms. The molecular formula is C30H45NO2S. The Morgan fingerprint density at radius 1 is 0.676 bits per heavy atom. The summed E-state index contributed by atoms with van der Waals surface area (Å²) in [6.07, 6.45) is 19.2. The van der Waals surface area contributed by atoms with E-state index < -0.39 is 10.8 Å². The number of hydrogen-bond acceptors (Lipinski definition) is 3. The van der Waals surface area contributed by atoms with Crippen molar-refractivity contribution in [1.82, 2.24) is 0 Å². The van der Waals surface area contributed by atoms with Gasteiger partial charge in [-0.2, -0.15) is 0 Å². The third-order valence-corrected chi connectivity index (χ3v) is 7.66. The summed E-state index contributed by atoms with van der Waals surface area (Å²) >= 11 is 0. The van der Waals surface area contributed by atoms with Gasteiger partial charge in [-0.15, -0.1) is 0 Å². The highest BCUT2D eigenvalue weighted by molar-refractivity contribution is 7.85. The van der Waals surface area contributed by atoms with Crippen molar-refractivity contribution in [3.8, 4) is 0 Å². The van der Waals surface area contributed by atoms with Gasteiger partial charge in [0.25, 0.3) is 0 Å². The van der Waals surface area contributed by atoms with Gasteiger partial charge in [0.2, 0.25) is 0 Å². The first-order valence-electron chi connectivity index (χ1n) is 13.5. The lowest BCUT2D eigenvalue weighted by Gasteiger charge is -2.08. The fourth-order valence-electron chi connectivity index (χ4n) is 4.18. The van der Waals surface area contributed by atoms with E-state index in [0.29, 0.717) is 10.5 Å². The SMILES string of the molecule is CCCCCCCCCCCCCCCCNc1ccc(C(=O)CS(=O)c2ccccc2)cc1. The Morgan fingerprint density at radius 3 is 1.71 bits per heavy atom. The van der Waals surface area contributed by atoms with E-state index in [9.17, 15) is 9.00 Å². The number of anilines is 1. The van der Waals surface area contributed by atoms with Crippen LogP contribution in [0.1, 0.15) is 107 Å². The normalized spacial score (nSPS) is 11.9. The van der Waals surface area contributed by atoms with E-state index in [1.807, 2.05) is 42.5 Å². The summed E-state index contributed by atoms with van der Waals surface area (Å²) in [5.74, 6) is -0.0590. The summed E-state index contributed by atoms with van der Waals surface area (Å²) in [7, 11) is -1.30. The average Bonchev–Trinajstić information content (AvgIpc) is 2.87. The summed E-state index contributed by atoms with van der Waals surface area (Å²) in [4.78, 5) is 13.1. The van der Waals surface area contributed by atoms with Gasteiger partial charge in [0.05, 0.1) is 16.6 Å². The maximum absolute atomic E-state index is 12.4. The summed E-state index contributed by atoms with van der Waals surface area (Å²) in [5, 5.41) is 3.45. The van der Waals surface area contributed by atoms with Crippen molar-refractivity contribution < 1.29 is 9.00 Å². The van der Waals surface area contributed by atoms with Crippen molar-refractivity contribution in [2.45, 2.75) is 102 Å². The lowest BCUT2D eigenvalue weighted by Crippen LogP contribution is -2.11. The van der Waals surface area contributed by atoms with E-state index in [4.69, 9.17) is 0 Å². The molecular weight excluding hydrogens is 438 g/mol. The first-order chi connectivity index (χ1) is 16.7. The Balaban J connectivity index is 1.47. The first-order valence-corrected chi connectivity index (χ1v) is 14.8. The molecule has 2 aromatic rings. The molecule has 0 radical (unpaired) electrons. The molecule has 188 valence electrons. The molecule has 1 atom stereocenters. The van der Waals surface area contributed by atoms with Crippen LogP contribution in [0.15, 0.2) is 59.5 Å². The van der Waals surface area contributed by atoms with Crippen LogP contribution in [-0.2, 0) is 10.8 Å². The smallest absolute Gasteiger partial charge is 0.175 e. The number of ketones is 1. The first kappa shape index (κ1) is 28.3. The molecule has 0 aliphatic carbocycles. The van der Waals surface area contributed by atoms with E-state index in [1.54, 1.807) is 12.1 Å². The van der Waals surface area contributed by atoms with Crippen molar-refractivity contribution in [3.05, 3.63) is 60.2 Å². The van der Waals surface area contributed by atoms with E-state index in [0.717, 1.165) is 12.2 Å². The minimum absolute atomic E-state index is 0.0236. The van der Waals surface area contributed by atoms with Gasteiger partial charge in [-0.3, -0.25) is 9.00 Å². The Morgan fingerprint density at radius 2 is 1.18 bits per heavy atom. The molecule has 0 aliphatic heterocycles. The number of Topliss-reactive ketones (excluding diaryl/α,β-unsaturated/α-hetero) is 1. The molecule has 0 aliphatic rings. The third kappa shape index (κ3) is 12.5. The highest BCUT2D eigenvalue weighted by atomic mass is 32.2. The van der Waals surface area contributed by atoms with Gasteiger partial charge in [0.15, 0.2) is 5.78 Å². The van der Waals surface area contributed by atoms with E-state index in [1.165, 1.54) is 89.9 Å². The van der Waals surface area contributed by atoms with Gasteiger partial charge in [-0.25, -0.2) is 0 Å². The quantitative estimate of drug-likeness (QED) is 0.151. The fourth-order valence-corrected chi connectivity index (χ4v) is 5.22. The molecule has 0 saturated heterocycles. The highest BCUT2D eigenvalue weighted by Crippen LogP contribution is 2.15. The van der Waals surface area contributed by atoms with Crippen molar-refractivity contribution in [3.63, 3.8) is 0 Å². The minimum atomic E-state index is -1.30. The number of nitrogens with one attached hydrogen (secondary N) is 1. The Labute approximate surface area is 210 Å². The fraction of sp³-hybridized carbons (Fsp3) is 0.567. The molecule has 0 saturated carbocycles. The predicted molar refractivity (Wildman–Crippen MR) is 147 cm³/mol. The van der Waals surface area contributed by atoms with Crippen LogP contribution in [0.25, 0.3) is 0 Å². The molecule has 2 rings (SSSR count). The number of unbranched alkanes of at least 4 members (excludes halogenated alkanes) is 13. The topological polar surface area (TPSA) is 46.2 Å². The maximum Gasteiger partial charge on any atom is 0.175 e. The maximum atomic E-state index is 12.4. The Kier molecular flexibility index (Phi) is 15.3. The highest BCUT2D eigenvalue weighted by Gasteiger charge is 2.12. The number of rotatable bonds is 20. The molecule has 34 heavy (non-hydrogen) atoms. The van der Waals surface area contributed by atoms with Crippen molar-refractivity contribution in [1.29, 1.82) is 0 Å². The lowest BCUT2D eigenvalue weighted by molar-refractivity contribution is 0.102. The van der Waals surface area contributed by atoms with Crippen molar-refractivity contribution in [2.24, 2.45) is 0 Å². The third-order valence-electron chi connectivity index (χ3n) is 6.33. The number of carbonyl (C=O) groups excluding carboxylic acids is 1. The van der Waals surface area contributed by atoms with Crippen LogP contribution in [0.2, 0.25) is 0 Å². The van der Waals surface area contributed by atoms with Gasteiger partial charge < -0.3 is 5.32 Å². The van der Waals surface area contributed by atoms with E-state index in [-0.39, 0.29) is 11.5 Å². The zero-order chi connectivity index (χ0) is 24.3. The van der Waals surface area contributed by atoms with Crippen molar-refractivity contribution >= 4 is 22.3 Å². The summed E-state index contributed by atoms with van der Waals surface area (Å²) < 4.78 is 12.3. The lowest BCUT2D eigenvalue weighted by atomic mass is 10.0. The second-order valence-electron chi connectivity index (χ2n) is 9.33. The summed E-state index contributed by atoms with van der Waals surface area (Å²) in [6.45, 7) is 3.24. The van der Waals surface area contributed by atoms with Crippen LogP contribution in [0.3, 0.4) is 0 Å². The van der Waals surface area contributed by atoms with Gasteiger partial charge >= 0.3 is 0 Å². The second kappa shape index (κ2) is 18.4. The number of hydrogen-bond donors (Lipinski definition) is 1. The molecule has 0 amide bonds. The van der Waals surface area contributed by atoms with Gasteiger partial charge in [0, 0.05) is 22.7 Å². The molecule has 1 unspecified atom stereocenters. The minimum Gasteiger partial charge on any atom is -0.385 e. The molecule has 0 fully saturated rings. The molecule has 0 heterocycles. The molecule has 0 bridgehead atoms. The molecule has 2 aromatic carbocycles. The van der Waals surface area contributed by atoms with E-state index in [2.05, 4.69) is 12.2 Å².